The number of carbonyl (C=O) groups is 1. The summed E-state index contributed by atoms with van der Waals surface area (Å²) >= 11 is 0. The minimum absolute atomic E-state index is 0.00886. The summed E-state index contributed by atoms with van der Waals surface area (Å²) in [6.45, 7) is 3.42. The van der Waals surface area contributed by atoms with Crippen molar-refractivity contribution in [2.45, 2.75) is 26.2 Å². The van der Waals surface area contributed by atoms with Gasteiger partial charge in [-0.1, -0.05) is 6.92 Å². The maximum absolute atomic E-state index is 11.0. The summed E-state index contributed by atoms with van der Waals surface area (Å²) in [5.74, 6) is 0.596. The molecule has 0 aliphatic carbocycles. The van der Waals surface area contributed by atoms with Crippen molar-refractivity contribution in [1.29, 1.82) is 0 Å². The van der Waals surface area contributed by atoms with Crippen LogP contribution >= 0.6 is 0 Å². The van der Waals surface area contributed by atoms with Crippen molar-refractivity contribution in [1.82, 2.24) is 15.0 Å². The van der Waals surface area contributed by atoms with Crippen molar-refractivity contribution in [3.8, 4) is 5.75 Å². The molecule has 2 aromatic heterocycles. The highest BCUT2D eigenvalue weighted by atomic mass is 16.5. The first-order valence-corrected chi connectivity index (χ1v) is 9.03. The monoisotopic (exact) mass is 368 g/mol. The van der Waals surface area contributed by atoms with Crippen LogP contribution in [0.1, 0.15) is 24.5 Å². The molecule has 142 valence electrons. The average Bonchev–Trinajstić information content (AvgIpc) is 3.06. The number of anilines is 1. The summed E-state index contributed by atoms with van der Waals surface area (Å²) in [5, 5.41) is 9.89. The van der Waals surface area contributed by atoms with Gasteiger partial charge in [-0.25, -0.2) is 9.97 Å². The maximum atomic E-state index is 11.0. The largest absolute Gasteiger partial charge is 0.494 e. The zero-order valence-corrected chi connectivity index (χ0v) is 15.6. The van der Waals surface area contributed by atoms with Gasteiger partial charge in [-0.2, -0.15) is 0 Å². The van der Waals surface area contributed by atoms with Gasteiger partial charge in [0.1, 0.15) is 5.75 Å². The van der Waals surface area contributed by atoms with Gasteiger partial charge in [0.2, 0.25) is 5.95 Å². The molecule has 0 unspecified atom stereocenters. The number of aromatic nitrogens is 3. The summed E-state index contributed by atoms with van der Waals surface area (Å²) < 4.78 is 5.84. The molecule has 2 heterocycles. The van der Waals surface area contributed by atoms with Gasteiger partial charge in [0, 0.05) is 43.1 Å². The first-order valence-electron chi connectivity index (χ1n) is 9.03. The van der Waals surface area contributed by atoms with Gasteiger partial charge in [-0.15, -0.1) is 0 Å². The van der Waals surface area contributed by atoms with Crippen LogP contribution in [-0.2, 0) is 17.6 Å². The summed E-state index contributed by atoms with van der Waals surface area (Å²) in [5.41, 5.74) is 2.79. The SMILES string of the molecule is CCc1cnc(N(C)CCCOc2ccc3[nH]cc(CC(=O)O)c3c2)nc1. The second kappa shape index (κ2) is 8.53. The number of nitrogens with one attached hydrogen (secondary N) is 1. The number of fused-ring (bicyclic) bond motifs is 1. The average molecular weight is 368 g/mol. The minimum Gasteiger partial charge on any atom is -0.494 e. The molecule has 1 aromatic carbocycles. The number of aliphatic carboxylic acids is 1. The van der Waals surface area contributed by atoms with E-state index in [1.165, 1.54) is 0 Å². The van der Waals surface area contributed by atoms with Crippen LogP contribution in [-0.4, -0.2) is 46.2 Å². The van der Waals surface area contributed by atoms with Crippen LogP contribution in [0.15, 0.2) is 36.8 Å². The molecule has 0 radical (unpaired) electrons. The molecule has 0 bridgehead atoms. The Morgan fingerprint density at radius 2 is 2.07 bits per heavy atom. The summed E-state index contributed by atoms with van der Waals surface area (Å²) in [7, 11) is 1.96. The van der Waals surface area contributed by atoms with Crippen LogP contribution in [0.25, 0.3) is 10.9 Å². The van der Waals surface area contributed by atoms with E-state index in [-0.39, 0.29) is 6.42 Å². The van der Waals surface area contributed by atoms with Crippen LogP contribution in [0.2, 0.25) is 0 Å². The van der Waals surface area contributed by atoms with Gasteiger partial charge in [-0.3, -0.25) is 4.79 Å². The van der Waals surface area contributed by atoms with Crippen LogP contribution in [0.5, 0.6) is 5.75 Å². The van der Waals surface area contributed by atoms with Gasteiger partial charge < -0.3 is 19.7 Å². The van der Waals surface area contributed by atoms with E-state index < -0.39 is 5.97 Å². The number of hydrogen-bond acceptors (Lipinski definition) is 5. The van der Waals surface area contributed by atoms with Crippen molar-refractivity contribution in [2.75, 3.05) is 25.1 Å². The Bertz CT molecular complexity index is 905. The molecular formula is C20H24N4O3. The lowest BCUT2D eigenvalue weighted by Crippen LogP contribution is -2.22. The van der Waals surface area contributed by atoms with Crippen LogP contribution in [0.4, 0.5) is 5.95 Å². The van der Waals surface area contributed by atoms with Crippen LogP contribution in [0, 0.1) is 0 Å². The molecule has 27 heavy (non-hydrogen) atoms. The lowest BCUT2D eigenvalue weighted by Gasteiger charge is -2.17. The molecule has 3 aromatic rings. The predicted molar refractivity (Wildman–Crippen MR) is 104 cm³/mol. The molecule has 0 atom stereocenters. The second-order valence-electron chi connectivity index (χ2n) is 6.46. The molecule has 7 heteroatoms. The highest BCUT2D eigenvalue weighted by Crippen LogP contribution is 2.24. The molecule has 0 aliphatic heterocycles. The first kappa shape index (κ1) is 18.7. The fourth-order valence-electron chi connectivity index (χ4n) is 2.88. The number of aryl methyl sites for hydroxylation is 1. The zero-order valence-electron chi connectivity index (χ0n) is 15.6. The summed E-state index contributed by atoms with van der Waals surface area (Å²) in [6.07, 6.45) is 7.19. The Morgan fingerprint density at radius 1 is 1.30 bits per heavy atom. The Hall–Kier alpha value is -3.09. The quantitative estimate of drug-likeness (QED) is 0.564. The number of nitrogens with zero attached hydrogens (tertiary/aromatic N) is 3. The number of ether oxygens (including phenoxy) is 1. The van der Waals surface area contributed by atoms with E-state index >= 15 is 0 Å². The number of H-pyrrole nitrogens is 1. The maximum Gasteiger partial charge on any atom is 0.307 e. The van der Waals surface area contributed by atoms with Crippen molar-refractivity contribution in [3.05, 3.63) is 47.9 Å². The van der Waals surface area contributed by atoms with Crippen LogP contribution < -0.4 is 9.64 Å². The normalized spacial score (nSPS) is 10.9. The summed E-state index contributed by atoms with van der Waals surface area (Å²) in [4.78, 5) is 24.8. The van der Waals surface area contributed by atoms with Gasteiger partial charge in [0.05, 0.1) is 13.0 Å². The number of rotatable bonds is 9. The molecule has 0 saturated carbocycles. The van der Waals surface area contributed by atoms with Crippen LogP contribution in [0.3, 0.4) is 0 Å². The molecular weight excluding hydrogens is 344 g/mol. The van der Waals surface area contributed by atoms with Gasteiger partial charge >= 0.3 is 5.97 Å². The minimum atomic E-state index is -0.848. The number of carboxylic acids is 1. The van der Waals surface area contributed by atoms with E-state index in [2.05, 4.69) is 21.9 Å². The Kier molecular flexibility index (Phi) is 5.90. The van der Waals surface area contributed by atoms with Crippen molar-refractivity contribution in [2.24, 2.45) is 0 Å². The fraction of sp³-hybridized carbons (Fsp3) is 0.350. The van der Waals surface area contributed by atoms with E-state index in [4.69, 9.17) is 9.84 Å². The molecule has 0 aliphatic rings. The van der Waals surface area contributed by atoms with E-state index in [0.717, 1.165) is 47.2 Å². The van der Waals surface area contributed by atoms with Crippen molar-refractivity contribution in [3.63, 3.8) is 0 Å². The first-order chi connectivity index (χ1) is 13.1. The van der Waals surface area contributed by atoms with Crippen molar-refractivity contribution < 1.29 is 14.6 Å². The van der Waals surface area contributed by atoms with E-state index in [0.29, 0.717) is 12.6 Å². The van der Waals surface area contributed by atoms with E-state index in [1.807, 2.05) is 42.5 Å². The molecule has 0 spiro atoms. The molecule has 0 amide bonds. The molecule has 2 N–H and O–H groups in total. The Balaban J connectivity index is 1.53. The van der Waals surface area contributed by atoms with Gasteiger partial charge in [-0.05, 0) is 42.2 Å². The van der Waals surface area contributed by atoms with Gasteiger partial charge in [0.15, 0.2) is 0 Å². The molecule has 0 fully saturated rings. The standard InChI is InChI=1S/C20H24N4O3/c1-3-14-11-22-20(23-12-14)24(2)7-4-8-27-16-5-6-18-17(10-16)15(13-21-18)9-19(25)26/h5-6,10-13,21H,3-4,7-9H2,1-2H3,(H,25,26). The number of hydrogen-bond donors (Lipinski definition) is 2. The molecule has 7 nitrogen and oxygen atoms in total. The zero-order chi connectivity index (χ0) is 19.2. The lowest BCUT2D eigenvalue weighted by molar-refractivity contribution is -0.136. The topological polar surface area (TPSA) is 91.3 Å². The second-order valence-corrected chi connectivity index (χ2v) is 6.46. The predicted octanol–water partition coefficient (Wildman–Crippen LogP) is 3.05. The number of aromatic amines is 1. The third kappa shape index (κ3) is 4.75. The Labute approximate surface area is 158 Å². The highest BCUT2D eigenvalue weighted by molar-refractivity contribution is 5.87. The van der Waals surface area contributed by atoms with Gasteiger partial charge in [0.25, 0.3) is 0 Å². The molecule has 0 saturated heterocycles. The highest BCUT2D eigenvalue weighted by Gasteiger charge is 2.09. The molecule has 3 rings (SSSR count). The van der Waals surface area contributed by atoms with E-state index in [1.54, 1.807) is 6.20 Å². The van der Waals surface area contributed by atoms with E-state index in [9.17, 15) is 4.79 Å². The Morgan fingerprint density at radius 3 is 2.78 bits per heavy atom. The number of benzene rings is 1. The third-order valence-electron chi connectivity index (χ3n) is 4.43. The lowest BCUT2D eigenvalue weighted by atomic mass is 10.1. The van der Waals surface area contributed by atoms with Crippen molar-refractivity contribution >= 4 is 22.8 Å². The fourth-order valence-corrected chi connectivity index (χ4v) is 2.88. The number of carboxylic acid groups (broad SMARTS) is 1. The summed E-state index contributed by atoms with van der Waals surface area (Å²) in [6, 6.07) is 5.69. The smallest absolute Gasteiger partial charge is 0.307 e. The third-order valence-corrected chi connectivity index (χ3v) is 4.43.